The Balaban J connectivity index is 1.69. The van der Waals surface area contributed by atoms with Gasteiger partial charge < -0.3 is 9.30 Å². The highest BCUT2D eigenvalue weighted by Crippen LogP contribution is 2.24. The first kappa shape index (κ1) is 20.9. The van der Waals surface area contributed by atoms with E-state index in [4.69, 9.17) is 4.74 Å². The van der Waals surface area contributed by atoms with E-state index in [1.54, 1.807) is 23.9 Å². The number of hydrogen-bond donors (Lipinski definition) is 0. The average Bonchev–Trinajstić information content (AvgIpc) is 3.12. The van der Waals surface area contributed by atoms with Gasteiger partial charge >= 0.3 is 0 Å². The number of hydrogen-bond acceptors (Lipinski definition) is 6. The fraction of sp³-hybridized carbons (Fsp3) is 0.333. The lowest BCUT2D eigenvalue weighted by Gasteiger charge is -2.12. The van der Waals surface area contributed by atoms with Crippen LogP contribution >= 0.6 is 11.8 Å². The first-order valence-electron chi connectivity index (χ1n) is 9.49. The zero-order valence-corrected chi connectivity index (χ0v) is 17.3. The summed E-state index contributed by atoms with van der Waals surface area (Å²) in [5, 5.41) is 20.3. The number of para-hydroxylation sites is 1. The van der Waals surface area contributed by atoms with Gasteiger partial charge in [-0.2, -0.15) is 0 Å². The molecule has 3 aromatic rings. The topological polar surface area (TPSA) is 83.1 Å². The summed E-state index contributed by atoms with van der Waals surface area (Å²) in [6, 6.07) is 16.3. The van der Waals surface area contributed by atoms with Crippen LogP contribution in [-0.4, -0.2) is 19.7 Å². The van der Waals surface area contributed by atoms with Crippen molar-refractivity contribution in [3.05, 3.63) is 76.1 Å². The predicted octanol–water partition coefficient (Wildman–Crippen LogP) is 5.10. The van der Waals surface area contributed by atoms with E-state index in [-0.39, 0.29) is 5.69 Å². The van der Waals surface area contributed by atoms with E-state index in [9.17, 15) is 10.1 Å². The molecule has 0 spiro atoms. The van der Waals surface area contributed by atoms with Crippen molar-refractivity contribution in [2.45, 2.75) is 44.3 Å². The second kappa shape index (κ2) is 10.1. The van der Waals surface area contributed by atoms with Gasteiger partial charge in [-0.25, -0.2) is 0 Å². The quantitative estimate of drug-likeness (QED) is 0.262. The Kier molecular flexibility index (Phi) is 7.24. The van der Waals surface area contributed by atoms with Gasteiger partial charge in [0.2, 0.25) is 0 Å². The number of benzene rings is 2. The standard InChI is InChI=1S/C21H24N4O3S/c1-16(2)12-13-24-20(14-28-19-6-4-3-5-7-19)22-23-21(24)29-15-17-8-10-18(11-9-17)25(26)27/h3-11,16H,12-15H2,1-2H3. The highest BCUT2D eigenvalue weighted by atomic mass is 32.2. The minimum atomic E-state index is -0.390. The van der Waals surface area contributed by atoms with Gasteiger partial charge in [0.25, 0.3) is 5.69 Å². The summed E-state index contributed by atoms with van der Waals surface area (Å²) in [4.78, 5) is 10.4. The smallest absolute Gasteiger partial charge is 0.269 e. The molecule has 29 heavy (non-hydrogen) atoms. The van der Waals surface area contributed by atoms with Crippen LogP contribution in [0.3, 0.4) is 0 Å². The van der Waals surface area contributed by atoms with Crippen molar-refractivity contribution in [1.82, 2.24) is 14.8 Å². The zero-order chi connectivity index (χ0) is 20.6. The molecule has 0 fully saturated rings. The summed E-state index contributed by atoms with van der Waals surface area (Å²) in [6.07, 6.45) is 1.02. The molecule has 0 aliphatic carbocycles. The van der Waals surface area contributed by atoms with E-state index in [1.165, 1.54) is 12.1 Å². The van der Waals surface area contributed by atoms with Crippen LogP contribution in [0.1, 0.15) is 31.7 Å². The van der Waals surface area contributed by atoms with Crippen LogP contribution in [0.15, 0.2) is 59.8 Å². The lowest BCUT2D eigenvalue weighted by atomic mass is 10.1. The minimum Gasteiger partial charge on any atom is -0.486 e. The maximum atomic E-state index is 10.8. The molecule has 3 rings (SSSR count). The van der Waals surface area contributed by atoms with Crippen LogP contribution in [0.4, 0.5) is 5.69 Å². The molecule has 0 saturated carbocycles. The summed E-state index contributed by atoms with van der Waals surface area (Å²) in [7, 11) is 0. The molecule has 152 valence electrons. The second-order valence-electron chi connectivity index (χ2n) is 7.05. The fourth-order valence-corrected chi connectivity index (χ4v) is 3.61. The maximum absolute atomic E-state index is 10.8. The van der Waals surface area contributed by atoms with E-state index in [0.29, 0.717) is 18.3 Å². The minimum absolute atomic E-state index is 0.0965. The number of rotatable bonds is 10. The Morgan fingerprint density at radius 2 is 1.83 bits per heavy atom. The number of non-ortho nitro benzene ring substituents is 1. The molecule has 0 atom stereocenters. The third kappa shape index (κ3) is 6.05. The molecule has 0 aliphatic rings. The van der Waals surface area contributed by atoms with Crippen molar-refractivity contribution in [3.63, 3.8) is 0 Å². The third-order valence-electron chi connectivity index (χ3n) is 4.35. The Morgan fingerprint density at radius 3 is 2.48 bits per heavy atom. The van der Waals surface area contributed by atoms with Crippen molar-refractivity contribution in [2.24, 2.45) is 5.92 Å². The number of nitro benzene ring substituents is 1. The molecule has 0 saturated heterocycles. The normalized spacial score (nSPS) is 11.0. The van der Waals surface area contributed by atoms with Gasteiger partial charge in [0.05, 0.1) is 4.92 Å². The van der Waals surface area contributed by atoms with Crippen molar-refractivity contribution in [1.29, 1.82) is 0 Å². The number of nitro groups is 1. The molecular weight excluding hydrogens is 388 g/mol. The number of nitrogens with zero attached hydrogens (tertiary/aromatic N) is 4. The first-order chi connectivity index (χ1) is 14.0. The van der Waals surface area contributed by atoms with Crippen molar-refractivity contribution in [2.75, 3.05) is 0 Å². The summed E-state index contributed by atoms with van der Waals surface area (Å²) in [5.41, 5.74) is 1.10. The molecular formula is C21H24N4O3S. The highest BCUT2D eigenvalue weighted by molar-refractivity contribution is 7.98. The van der Waals surface area contributed by atoms with Crippen LogP contribution in [0.2, 0.25) is 0 Å². The largest absolute Gasteiger partial charge is 0.486 e. The van der Waals surface area contributed by atoms with E-state index in [0.717, 1.165) is 35.3 Å². The van der Waals surface area contributed by atoms with Gasteiger partial charge in [-0.15, -0.1) is 10.2 Å². The van der Waals surface area contributed by atoms with Crippen molar-refractivity contribution < 1.29 is 9.66 Å². The molecule has 0 N–H and O–H groups in total. The molecule has 0 aliphatic heterocycles. The van der Waals surface area contributed by atoms with Gasteiger partial charge in [-0.05, 0) is 30.0 Å². The second-order valence-corrected chi connectivity index (χ2v) is 7.99. The van der Waals surface area contributed by atoms with Crippen LogP contribution in [0.5, 0.6) is 5.75 Å². The summed E-state index contributed by atoms with van der Waals surface area (Å²) in [6.45, 7) is 5.55. The van der Waals surface area contributed by atoms with E-state index in [1.807, 2.05) is 30.3 Å². The van der Waals surface area contributed by atoms with Crippen molar-refractivity contribution >= 4 is 17.4 Å². The molecule has 0 radical (unpaired) electrons. The summed E-state index contributed by atoms with van der Waals surface area (Å²) >= 11 is 1.57. The van der Waals surface area contributed by atoms with Gasteiger partial charge in [0.15, 0.2) is 11.0 Å². The molecule has 7 nitrogen and oxygen atoms in total. The van der Waals surface area contributed by atoms with Gasteiger partial charge in [0.1, 0.15) is 12.4 Å². The lowest BCUT2D eigenvalue weighted by Crippen LogP contribution is -2.10. The Bertz CT molecular complexity index is 927. The van der Waals surface area contributed by atoms with Crippen molar-refractivity contribution in [3.8, 4) is 5.75 Å². The van der Waals surface area contributed by atoms with Crippen LogP contribution in [0.25, 0.3) is 0 Å². The van der Waals surface area contributed by atoms with Crippen LogP contribution < -0.4 is 4.74 Å². The van der Waals surface area contributed by atoms with Gasteiger partial charge in [0, 0.05) is 24.4 Å². The Labute approximate surface area is 174 Å². The van der Waals surface area contributed by atoms with E-state index < -0.39 is 4.92 Å². The maximum Gasteiger partial charge on any atom is 0.269 e. The monoisotopic (exact) mass is 412 g/mol. The molecule has 2 aromatic carbocycles. The van der Waals surface area contributed by atoms with E-state index >= 15 is 0 Å². The van der Waals surface area contributed by atoms with Crippen LogP contribution in [0, 0.1) is 16.0 Å². The fourth-order valence-electron chi connectivity index (χ4n) is 2.67. The number of ether oxygens (including phenoxy) is 1. The molecule has 8 heteroatoms. The third-order valence-corrected chi connectivity index (χ3v) is 5.39. The highest BCUT2D eigenvalue weighted by Gasteiger charge is 2.14. The van der Waals surface area contributed by atoms with Crippen LogP contribution in [-0.2, 0) is 18.9 Å². The van der Waals surface area contributed by atoms with E-state index in [2.05, 4.69) is 28.6 Å². The number of thioether (sulfide) groups is 1. The summed E-state index contributed by atoms with van der Waals surface area (Å²) in [5.74, 6) is 2.82. The molecule has 1 aromatic heterocycles. The Morgan fingerprint density at radius 1 is 1.10 bits per heavy atom. The SMILES string of the molecule is CC(C)CCn1c(COc2ccccc2)nnc1SCc1ccc([N+](=O)[O-])cc1. The summed E-state index contributed by atoms with van der Waals surface area (Å²) < 4.78 is 7.96. The van der Waals surface area contributed by atoms with Gasteiger partial charge in [-0.1, -0.05) is 55.9 Å². The average molecular weight is 413 g/mol. The number of aromatic nitrogens is 3. The molecule has 0 unspecified atom stereocenters. The molecule has 1 heterocycles. The molecule has 0 amide bonds. The van der Waals surface area contributed by atoms with Gasteiger partial charge in [-0.3, -0.25) is 10.1 Å². The lowest BCUT2D eigenvalue weighted by molar-refractivity contribution is -0.384. The Hall–Kier alpha value is -2.87. The first-order valence-corrected chi connectivity index (χ1v) is 10.5. The zero-order valence-electron chi connectivity index (χ0n) is 16.5. The predicted molar refractivity (Wildman–Crippen MR) is 113 cm³/mol. The molecule has 0 bridgehead atoms.